The van der Waals surface area contributed by atoms with E-state index in [0.29, 0.717) is 18.9 Å². The molecular formula is C17H21BrN2O2. The number of carbonyl (C=O) groups excluding carboxylic acids is 2. The van der Waals surface area contributed by atoms with E-state index in [1.807, 2.05) is 12.1 Å². The largest absolute Gasteiger partial charge is 0.349 e. The maximum Gasteiger partial charge on any atom is 0.225 e. The molecule has 4 nitrogen and oxygen atoms in total. The van der Waals surface area contributed by atoms with Gasteiger partial charge in [0.05, 0.1) is 12.0 Å². The van der Waals surface area contributed by atoms with Gasteiger partial charge in [0.15, 0.2) is 0 Å². The summed E-state index contributed by atoms with van der Waals surface area (Å²) in [6.07, 6.45) is 3.88. The molecule has 2 fully saturated rings. The van der Waals surface area contributed by atoms with E-state index in [2.05, 4.69) is 33.4 Å². The second-order valence-electron chi connectivity index (χ2n) is 6.40. The number of amides is 2. The van der Waals surface area contributed by atoms with Gasteiger partial charge in [0.1, 0.15) is 0 Å². The second-order valence-corrected chi connectivity index (χ2v) is 7.32. The van der Waals surface area contributed by atoms with E-state index < -0.39 is 0 Å². The van der Waals surface area contributed by atoms with Crippen molar-refractivity contribution in [3.63, 3.8) is 0 Å². The Hall–Kier alpha value is -1.36. The van der Waals surface area contributed by atoms with E-state index in [9.17, 15) is 9.59 Å². The van der Waals surface area contributed by atoms with Gasteiger partial charge in [-0.2, -0.15) is 0 Å². The Labute approximate surface area is 139 Å². The van der Waals surface area contributed by atoms with Crippen molar-refractivity contribution in [2.24, 2.45) is 11.8 Å². The molecule has 1 N–H and O–H groups in total. The molecule has 1 aromatic rings. The molecule has 2 atom stereocenters. The molecule has 1 heterocycles. The first-order chi connectivity index (χ1) is 10.5. The van der Waals surface area contributed by atoms with Crippen LogP contribution in [-0.4, -0.2) is 30.3 Å². The van der Waals surface area contributed by atoms with Crippen molar-refractivity contribution in [2.75, 3.05) is 13.6 Å². The summed E-state index contributed by atoms with van der Waals surface area (Å²) < 4.78 is 1.04. The highest BCUT2D eigenvalue weighted by Crippen LogP contribution is 2.38. The summed E-state index contributed by atoms with van der Waals surface area (Å²) in [5.74, 6) is 0.372. The summed E-state index contributed by atoms with van der Waals surface area (Å²) in [5.41, 5.74) is 1.15. The Kier molecular flexibility index (Phi) is 4.52. The fourth-order valence-corrected chi connectivity index (χ4v) is 3.49. The number of nitrogens with one attached hydrogen (secondary N) is 1. The van der Waals surface area contributed by atoms with Gasteiger partial charge in [0.25, 0.3) is 0 Å². The third kappa shape index (κ3) is 3.19. The molecule has 118 valence electrons. The molecule has 1 saturated carbocycles. The Balaban J connectivity index is 1.71. The molecule has 1 aliphatic heterocycles. The Morgan fingerprint density at radius 1 is 1.32 bits per heavy atom. The first-order valence-corrected chi connectivity index (χ1v) is 8.63. The van der Waals surface area contributed by atoms with Gasteiger partial charge in [0, 0.05) is 24.5 Å². The summed E-state index contributed by atoms with van der Waals surface area (Å²) >= 11 is 3.45. The zero-order valence-electron chi connectivity index (χ0n) is 12.7. The summed E-state index contributed by atoms with van der Waals surface area (Å²) in [6, 6.07) is 8.23. The molecule has 0 unspecified atom stereocenters. The molecule has 3 rings (SSSR count). The highest BCUT2D eigenvalue weighted by Gasteiger charge is 2.35. The van der Waals surface area contributed by atoms with Crippen LogP contribution in [0.1, 0.15) is 37.3 Å². The monoisotopic (exact) mass is 364 g/mol. The quantitative estimate of drug-likeness (QED) is 0.892. The molecule has 1 saturated heterocycles. The topological polar surface area (TPSA) is 49.4 Å². The fraction of sp³-hybridized carbons (Fsp3) is 0.529. The number of hydrogen-bond acceptors (Lipinski definition) is 2. The average molecular weight is 365 g/mol. The minimum Gasteiger partial charge on any atom is -0.349 e. The number of likely N-dealkylation sites (tertiary alicyclic amines) is 1. The highest BCUT2D eigenvalue weighted by molar-refractivity contribution is 9.10. The third-order valence-electron chi connectivity index (χ3n) is 4.86. The van der Waals surface area contributed by atoms with Crippen molar-refractivity contribution in [3.05, 3.63) is 34.3 Å². The lowest BCUT2D eigenvalue weighted by Gasteiger charge is -2.35. The Morgan fingerprint density at radius 3 is 2.50 bits per heavy atom. The Morgan fingerprint density at radius 2 is 2.00 bits per heavy atom. The predicted octanol–water partition coefficient (Wildman–Crippen LogP) is 2.88. The number of nitrogens with zero attached hydrogens (tertiary/aromatic N) is 1. The van der Waals surface area contributed by atoms with Crippen molar-refractivity contribution in [1.82, 2.24) is 10.2 Å². The average Bonchev–Trinajstić information content (AvgIpc) is 2.77. The molecule has 22 heavy (non-hydrogen) atoms. The zero-order chi connectivity index (χ0) is 15.7. The first-order valence-electron chi connectivity index (χ1n) is 7.84. The van der Waals surface area contributed by atoms with Crippen molar-refractivity contribution in [3.8, 4) is 0 Å². The van der Waals surface area contributed by atoms with Crippen molar-refractivity contribution in [1.29, 1.82) is 0 Å². The molecule has 1 aromatic carbocycles. The van der Waals surface area contributed by atoms with Crippen LogP contribution in [0, 0.1) is 11.8 Å². The van der Waals surface area contributed by atoms with Gasteiger partial charge in [-0.1, -0.05) is 34.5 Å². The minimum atomic E-state index is -0.212. The third-order valence-corrected chi connectivity index (χ3v) is 5.39. The normalized spacial score (nSPS) is 23.3. The summed E-state index contributed by atoms with van der Waals surface area (Å²) in [7, 11) is 1.76. The van der Waals surface area contributed by atoms with Crippen LogP contribution in [0.3, 0.4) is 0 Å². The van der Waals surface area contributed by atoms with Gasteiger partial charge in [-0.25, -0.2) is 0 Å². The van der Waals surface area contributed by atoms with Crippen LogP contribution in [0.15, 0.2) is 28.7 Å². The van der Waals surface area contributed by atoms with Crippen molar-refractivity contribution >= 4 is 27.7 Å². The molecule has 2 amide bonds. The van der Waals surface area contributed by atoms with E-state index in [1.54, 1.807) is 11.9 Å². The van der Waals surface area contributed by atoms with Gasteiger partial charge < -0.3 is 10.2 Å². The Bertz CT molecular complexity index is 569. The first kappa shape index (κ1) is 15.5. The number of benzene rings is 1. The predicted molar refractivity (Wildman–Crippen MR) is 88.1 cm³/mol. The second kappa shape index (κ2) is 6.41. The smallest absolute Gasteiger partial charge is 0.225 e. The standard InChI is InChI=1S/C17H21BrN2O2/c1-20-10-13(9-15(20)21)17(22)19-16(11-3-2-4-11)12-5-7-14(18)8-6-12/h5-8,11,13,16H,2-4,9-10H2,1H3,(H,19,22)/t13-,16+/m1/s1. The van der Waals surface area contributed by atoms with E-state index >= 15 is 0 Å². The van der Waals surface area contributed by atoms with Gasteiger partial charge in [-0.05, 0) is 36.5 Å². The number of hydrogen-bond donors (Lipinski definition) is 1. The van der Waals surface area contributed by atoms with Crippen LogP contribution in [0.5, 0.6) is 0 Å². The molecular weight excluding hydrogens is 344 g/mol. The van der Waals surface area contributed by atoms with E-state index in [0.717, 1.165) is 22.9 Å². The lowest BCUT2D eigenvalue weighted by atomic mass is 9.77. The molecule has 0 aromatic heterocycles. The maximum atomic E-state index is 12.5. The SMILES string of the molecule is CN1C[C@H](C(=O)N[C@H](c2ccc(Br)cc2)C2CCC2)CC1=O. The minimum absolute atomic E-state index is 0.0116. The van der Waals surface area contributed by atoms with Gasteiger partial charge in [0.2, 0.25) is 11.8 Å². The summed E-state index contributed by atoms with van der Waals surface area (Å²) in [6.45, 7) is 0.530. The molecule has 2 aliphatic rings. The van der Waals surface area contributed by atoms with Crippen LogP contribution in [0.2, 0.25) is 0 Å². The highest BCUT2D eigenvalue weighted by atomic mass is 79.9. The lowest BCUT2D eigenvalue weighted by molar-refractivity contribution is -0.128. The molecule has 0 radical (unpaired) electrons. The number of halogens is 1. The van der Waals surface area contributed by atoms with Gasteiger partial charge in [-0.3, -0.25) is 9.59 Å². The number of rotatable bonds is 4. The lowest BCUT2D eigenvalue weighted by Crippen LogP contribution is -2.40. The van der Waals surface area contributed by atoms with E-state index in [1.165, 1.54) is 6.42 Å². The van der Waals surface area contributed by atoms with Crippen LogP contribution in [0.4, 0.5) is 0 Å². The van der Waals surface area contributed by atoms with Crippen LogP contribution in [-0.2, 0) is 9.59 Å². The van der Waals surface area contributed by atoms with Gasteiger partial charge >= 0.3 is 0 Å². The van der Waals surface area contributed by atoms with Crippen molar-refractivity contribution in [2.45, 2.75) is 31.7 Å². The van der Waals surface area contributed by atoms with E-state index in [-0.39, 0.29) is 23.8 Å². The van der Waals surface area contributed by atoms with E-state index in [4.69, 9.17) is 0 Å². The zero-order valence-corrected chi connectivity index (χ0v) is 14.3. The maximum absolute atomic E-state index is 12.5. The molecule has 0 bridgehead atoms. The van der Waals surface area contributed by atoms with Crippen LogP contribution >= 0.6 is 15.9 Å². The number of carbonyl (C=O) groups is 2. The van der Waals surface area contributed by atoms with Crippen LogP contribution < -0.4 is 5.32 Å². The van der Waals surface area contributed by atoms with Crippen molar-refractivity contribution < 1.29 is 9.59 Å². The molecule has 5 heteroatoms. The summed E-state index contributed by atoms with van der Waals surface area (Å²) in [4.78, 5) is 25.8. The summed E-state index contributed by atoms with van der Waals surface area (Å²) in [5, 5.41) is 3.20. The van der Waals surface area contributed by atoms with Gasteiger partial charge in [-0.15, -0.1) is 0 Å². The molecule has 1 aliphatic carbocycles. The molecule has 0 spiro atoms. The van der Waals surface area contributed by atoms with Crippen LogP contribution in [0.25, 0.3) is 0 Å². The fourth-order valence-electron chi connectivity index (χ4n) is 3.23.